The van der Waals surface area contributed by atoms with E-state index in [1.807, 2.05) is 30.3 Å². The number of aromatic nitrogens is 1. The second-order valence-electron chi connectivity index (χ2n) is 14.8. The lowest BCUT2D eigenvalue weighted by Crippen LogP contribution is -2.18. The fourth-order valence-corrected chi connectivity index (χ4v) is 8.65. The van der Waals surface area contributed by atoms with Gasteiger partial charge in [0.25, 0.3) is 0 Å². The van der Waals surface area contributed by atoms with Gasteiger partial charge < -0.3 is 9.32 Å². The molecular formula is C47H36N2O. The Balaban J connectivity index is 1.19. The van der Waals surface area contributed by atoms with Gasteiger partial charge in [-0.1, -0.05) is 119 Å². The normalized spacial score (nSPS) is 14.7. The second kappa shape index (κ2) is 10.3. The van der Waals surface area contributed by atoms with Crippen LogP contribution in [0.5, 0.6) is 0 Å². The summed E-state index contributed by atoms with van der Waals surface area (Å²) in [5, 5.41) is 2.16. The minimum Gasteiger partial charge on any atom is -0.435 e. The predicted octanol–water partition coefficient (Wildman–Crippen LogP) is 12.7. The van der Waals surface area contributed by atoms with Crippen molar-refractivity contribution in [2.75, 3.05) is 4.90 Å². The molecule has 0 spiro atoms. The summed E-state index contributed by atoms with van der Waals surface area (Å²) in [6.07, 6.45) is 0. The molecule has 0 bridgehead atoms. The van der Waals surface area contributed by atoms with Gasteiger partial charge in [0.15, 0.2) is 5.58 Å². The van der Waals surface area contributed by atoms with Gasteiger partial charge in [-0.15, -0.1) is 0 Å². The highest BCUT2D eigenvalue weighted by molar-refractivity contribution is 6.05. The zero-order valence-corrected chi connectivity index (χ0v) is 28.7. The molecule has 0 fully saturated rings. The van der Waals surface area contributed by atoms with Crippen molar-refractivity contribution in [2.24, 2.45) is 0 Å². The minimum atomic E-state index is -0.113. The molecule has 0 amide bonds. The molecule has 8 aromatic rings. The van der Waals surface area contributed by atoms with Gasteiger partial charge in [-0.05, 0) is 104 Å². The van der Waals surface area contributed by atoms with E-state index in [2.05, 4.69) is 148 Å². The lowest BCUT2D eigenvalue weighted by atomic mass is 9.82. The molecule has 10 rings (SSSR count). The summed E-state index contributed by atoms with van der Waals surface area (Å²) < 4.78 is 6.53. The van der Waals surface area contributed by atoms with E-state index >= 15 is 0 Å². The van der Waals surface area contributed by atoms with Crippen molar-refractivity contribution >= 4 is 38.9 Å². The lowest BCUT2D eigenvalue weighted by molar-refractivity contribution is 0.623. The Hall–Kier alpha value is -5.93. The van der Waals surface area contributed by atoms with Crippen molar-refractivity contribution in [3.05, 3.63) is 168 Å². The molecule has 2 aliphatic carbocycles. The van der Waals surface area contributed by atoms with Gasteiger partial charge in [-0.25, -0.2) is 4.98 Å². The highest BCUT2D eigenvalue weighted by Crippen LogP contribution is 2.53. The van der Waals surface area contributed by atoms with Gasteiger partial charge in [0.2, 0.25) is 5.89 Å². The highest BCUT2D eigenvalue weighted by atomic mass is 16.3. The van der Waals surface area contributed by atoms with Crippen LogP contribution < -0.4 is 4.90 Å². The molecule has 3 heteroatoms. The van der Waals surface area contributed by atoms with Crippen molar-refractivity contribution < 1.29 is 4.42 Å². The number of hydrogen-bond donors (Lipinski definition) is 0. The summed E-state index contributed by atoms with van der Waals surface area (Å²) in [4.78, 5) is 7.32. The largest absolute Gasteiger partial charge is 0.435 e. The van der Waals surface area contributed by atoms with Gasteiger partial charge in [-0.2, -0.15) is 0 Å². The summed E-state index contributed by atoms with van der Waals surface area (Å²) in [5.41, 5.74) is 16.5. The molecule has 0 atom stereocenters. The van der Waals surface area contributed by atoms with Crippen molar-refractivity contribution in [3.63, 3.8) is 0 Å². The van der Waals surface area contributed by atoms with Crippen LogP contribution in [0.15, 0.2) is 150 Å². The van der Waals surface area contributed by atoms with E-state index in [-0.39, 0.29) is 10.8 Å². The molecule has 0 unspecified atom stereocenters. The van der Waals surface area contributed by atoms with Crippen LogP contribution in [-0.4, -0.2) is 4.98 Å². The van der Waals surface area contributed by atoms with Gasteiger partial charge in [-0.3, -0.25) is 0 Å². The third kappa shape index (κ3) is 4.07. The number of rotatable bonds is 4. The summed E-state index contributed by atoms with van der Waals surface area (Å²) in [6, 6.07) is 52.8. The number of nitrogens with zero attached hydrogens (tertiary/aromatic N) is 2. The molecule has 1 heterocycles. The SMILES string of the molecule is CC1(C)c2ccccc2-c2ccc(N(c3ccc4c(c3)C(C)(C)c3ccccc3-4)c3ccc4ccc5nc(-c6ccccc6)oc5c4c3)cc21. The minimum absolute atomic E-state index is 0.113. The first kappa shape index (κ1) is 29.0. The van der Waals surface area contributed by atoms with E-state index in [1.54, 1.807) is 0 Å². The lowest BCUT2D eigenvalue weighted by Gasteiger charge is -2.30. The van der Waals surface area contributed by atoms with Crippen LogP contribution in [0.1, 0.15) is 49.9 Å². The van der Waals surface area contributed by atoms with Crippen LogP contribution in [0.25, 0.3) is 55.6 Å². The maximum Gasteiger partial charge on any atom is 0.227 e. The Morgan fingerprint density at radius 1 is 0.480 bits per heavy atom. The van der Waals surface area contributed by atoms with Crippen molar-refractivity contribution in [3.8, 4) is 33.7 Å². The Labute approximate surface area is 292 Å². The number of hydrogen-bond acceptors (Lipinski definition) is 3. The molecule has 0 saturated heterocycles. The van der Waals surface area contributed by atoms with Crippen LogP contribution in [0.4, 0.5) is 17.1 Å². The third-order valence-electron chi connectivity index (χ3n) is 11.3. The van der Waals surface area contributed by atoms with E-state index in [1.165, 1.54) is 44.5 Å². The fourth-order valence-electron chi connectivity index (χ4n) is 8.65. The summed E-state index contributed by atoms with van der Waals surface area (Å²) >= 11 is 0. The first-order valence-electron chi connectivity index (χ1n) is 17.5. The van der Waals surface area contributed by atoms with Crippen molar-refractivity contribution in [1.29, 1.82) is 0 Å². The Morgan fingerprint density at radius 3 is 1.60 bits per heavy atom. The van der Waals surface area contributed by atoms with Gasteiger partial charge in [0, 0.05) is 38.8 Å². The Kier molecular flexibility index (Phi) is 5.97. The van der Waals surface area contributed by atoms with Crippen LogP contribution in [-0.2, 0) is 10.8 Å². The average Bonchev–Trinajstić information content (AvgIpc) is 3.76. The number of anilines is 3. The molecule has 1 aromatic heterocycles. The van der Waals surface area contributed by atoms with Crippen LogP contribution in [0, 0.1) is 0 Å². The topological polar surface area (TPSA) is 29.3 Å². The van der Waals surface area contributed by atoms with E-state index in [4.69, 9.17) is 9.40 Å². The van der Waals surface area contributed by atoms with Crippen LogP contribution in [0.2, 0.25) is 0 Å². The summed E-state index contributed by atoms with van der Waals surface area (Å²) in [6.45, 7) is 9.40. The fraction of sp³-hybridized carbons (Fsp3) is 0.128. The molecule has 2 aliphatic rings. The quantitative estimate of drug-likeness (QED) is 0.191. The molecule has 240 valence electrons. The predicted molar refractivity (Wildman–Crippen MR) is 207 cm³/mol. The Bertz CT molecular complexity index is 2550. The van der Waals surface area contributed by atoms with E-state index in [0.29, 0.717) is 5.89 Å². The van der Waals surface area contributed by atoms with Crippen molar-refractivity contribution in [1.82, 2.24) is 4.98 Å². The Morgan fingerprint density at radius 2 is 0.980 bits per heavy atom. The molecule has 50 heavy (non-hydrogen) atoms. The van der Waals surface area contributed by atoms with Crippen molar-refractivity contribution in [2.45, 2.75) is 38.5 Å². The van der Waals surface area contributed by atoms with E-state index in [9.17, 15) is 0 Å². The van der Waals surface area contributed by atoms with E-state index in [0.717, 1.165) is 44.5 Å². The van der Waals surface area contributed by atoms with Crippen LogP contribution in [0.3, 0.4) is 0 Å². The molecule has 0 aliphatic heterocycles. The molecule has 7 aromatic carbocycles. The number of benzene rings is 7. The van der Waals surface area contributed by atoms with Gasteiger partial charge in [0.1, 0.15) is 5.52 Å². The summed E-state index contributed by atoms with van der Waals surface area (Å²) in [5.74, 6) is 0.635. The second-order valence-corrected chi connectivity index (χ2v) is 14.8. The first-order chi connectivity index (χ1) is 24.3. The maximum atomic E-state index is 6.53. The monoisotopic (exact) mass is 644 g/mol. The van der Waals surface area contributed by atoms with Gasteiger partial charge >= 0.3 is 0 Å². The molecule has 0 saturated carbocycles. The highest BCUT2D eigenvalue weighted by Gasteiger charge is 2.37. The molecule has 0 radical (unpaired) electrons. The summed E-state index contributed by atoms with van der Waals surface area (Å²) in [7, 11) is 0. The maximum absolute atomic E-state index is 6.53. The smallest absolute Gasteiger partial charge is 0.227 e. The first-order valence-corrected chi connectivity index (χ1v) is 17.5. The van der Waals surface area contributed by atoms with Crippen LogP contribution >= 0.6 is 0 Å². The zero-order chi connectivity index (χ0) is 33.8. The molecular weight excluding hydrogens is 609 g/mol. The third-order valence-corrected chi connectivity index (χ3v) is 11.3. The standard InChI is InChI=1S/C47H36N2O/c1-46(2)39-16-10-8-14-34(39)36-23-21-32(27-41(36)46)49(33-22-24-37-35-15-9-11-17-40(35)47(3,4)42(37)28-33)31-20-18-29-19-25-43-44(38(29)26-31)50-45(48-43)30-12-6-5-7-13-30/h5-28H,1-4H3. The zero-order valence-electron chi connectivity index (χ0n) is 28.7. The number of oxazole rings is 1. The van der Waals surface area contributed by atoms with Gasteiger partial charge in [0.05, 0.1) is 0 Å². The average molecular weight is 645 g/mol. The number of fused-ring (bicyclic) bond motifs is 9. The molecule has 0 N–H and O–H groups in total. The molecule has 3 nitrogen and oxygen atoms in total. The van der Waals surface area contributed by atoms with E-state index < -0.39 is 0 Å².